The second kappa shape index (κ2) is 5.70. The van der Waals surface area contributed by atoms with Gasteiger partial charge in [-0.15, -0.1) is 0 Å². The largest absolute Gasteiger partial charge is 0.490 e. The first-order valence-corrected chi connectivity index (χ1v) is 5.56. The monoisotopic (exact) mass is 341 g/mol. The molecule has 1 fully saturated rings. The first-order chi connectivity index (χ1) is 9.34. The number of esters is 1. The van der Waals surface area contributed by atoms with Crippen molar-refractivity contribution in [2.75, 3.05) is 6.54 Å². The van der Waals surface area contributed by atoms with Crippen LogP contribution >= 0.6 is 11.6 Å². The van der Waals surface area contributed by atoms with Crippen LogP contribution in [0, 0.1) is 0 Å². The number of alkyl halides is 6. The van der Waals surface area contributed by atoms with Gasteiger partial charge in [0.15, 0.2) is 0 Å². The summed E-state index contributed by atoms with van der Waals surface area (Å²) in [6.07, 6.45) is -13.1. The Hall–Kier alpha value is -1.52. The number of rotatable bonds is 2. The van der Waals surface area contributed by atoms with Crippen LogP contribution < -0.4 is 0 Å². The van der Waals surface area contributed by atoms with Crippen LogP contribution in [0.3, 0.4) is 0 Å². The molecule has 120 valence electrons. The molecule has 0 spiro atoms. The molecule has 1 aliphatic heterocycles. The third-order valence-corrected chi connectivity index (χ3v) is 2.79. The zero-order chi connectivity index (χ0) is 16.6. The standard InChI is InChI=1S/C9H6ClF6NO4/c10-5(18)4-1-3(21-7(20)9(14,15)16)2-17(4)6(19)8(11,12)13/h3-4H,1-2H2/t3-,4+/m1/s1. The van der Waals surface area contributed by atoms with Crippen molar-refractivity contribution in [1.29, 1.82) is 0 Å². The van der Waals surface area contributed by atoms with Gasteiger partial charge in [0.05, 0.1) is 6.54 Å². The lowest BCUT2D eigenvalue weighted by molar-refractivity contribution is -0.204. The van der Waals surface area contributed by atoms with Gasteiger partial charge in [-0.25, -0.2) is 4.79 Å². The fraction of sp³-hybridized carbons (Fsp3) is 0.667. The summed E-state index contributed by atoms with van der Waals surface area (Å²) in [5.41, 5.74) is 0. The molecule has 0 N–H and O–H groups in total. The number of carbonyl (C=O) groups is 3. The van der Waals surface area contributed by atoms with E-state index in [0.29, 0.717) is 0 Å². The Morgan fingerprint density at radius 1 is 1.05 bits per heavy atom. The lowest BCUT2D eigenvalue weighted by Crippen LogP contribution is -2.46. The quantitative estimate of drug-likeness (QED) is 0.432. The van der Waals surface area contributed by atoms with Gasteiger partial charge in [0.1, 0.15) is 12.1 Å². The van der Waals surface area contributed by atoms with Crippen LogP contribution in [0.15, 0.2) is 0 Å². The molecule has 0 unspecified atom stereocenters. The Morgan fingerprint density at radius 2 is 1.57 bits per heavy atom. The summed E-state index contributed by atoms with van der Waals surface area (Å²) in [5, 5.41) is -1.38. The maximum Gasteiger partial charge on any atom is 0.490 e. The van der Waals surface area contributed by atoms with Gasteiger partial charge in [-0.3, -0.25) is 9.59 Å². The predicted octanol–water partition coefficient (Wildman–Crippen LogP) is 1.39. The Labute approximate surface area is 117 Å². The zero-order valence-electron chi connectivity index (χ0n) is 9.79. The number of hydrogen-bond acceptors (Lipinski definition) is 4. The molecule has 1 amide bonds. The fourth-order valence-electron chi connectivity index (χ4n) is 1.70. The van der Waals surface area contributed by atoms with Crippen LogP contribution in [0.2, 0.25) is 0 Å². The average molecular weight is 342 g/mol. The second-order valence-corrected chi connectivity index (χ2v) is 4.41. The molecule has 21 heavy (non-hydrogen) atoms. The van der Waals surface area contributed by atoms with E-state index in [1.165, 1.54) is 0 Å². The van der Waals surface area contributed by atoms with E-state index < -0.39 is 54.6 Å². The fourth-order valence-corrected chi connectivity index (χ4v) is 1.91. The summed E-state index contributed by atoms with van der Waals surface area (Å²) in [6.45, 7) is -1.01. The van der Waals surface area contributed by atoms with Gasteiger partial charge in [-0.05, 0) is 11.6 Å². The van der Waals surface area contributed by atoms with Crippen LogP contribution in [-0.2, 0) is 19.1 Å². The van der Waals surface area contributed by atoms with Gasteiger partial charge in [0.25, 0.3) is 0 Å². The van der Waals surface area contributed by atoms with Gasteiger partial charge in [0, 0.05) is 6.42 Å². The molecule has 1 saturated heterocycles. The first kappa shape index (κ1) is 17.5. The molecule has 0 aromatic carbocycles. The summed E-state index contributed by atoms with van der Waals surface area (Å²) in [5.74, 6) is -5.08. The Balaban J connectivity index is 2.86. The SMILES string of the molecule is O=C(Cl)[C@@H]1C[C@@H](OC(=O)C(F)(F)F)CN1C(=O)C(F)(F)F. The van der Waals surface area contributed by atoms with E-state index >= 15 is 0 Å². The van der Waals surface area contributed by atoms with Crippen molar-refractivity contribution < 1.29 is 45.5 Å². The maximum atomic E-state index is 12.3. The van der Waals surface area contributed by atoms with Crippen LogP contribution in [0.25, 0.3) is 0 Å². The molecule has 0 bridgehead atoms. The molecular weight excluding hydrogens is 336 g/mol. The van der Waals surface area contributed by atoms with Gasteiger partial charge >= 0.3 is 24.2 Å². The molecule has 1 aliphatic rings. The number of hydrogen-bond donors (Lipinski definition) is 0. The van der Waals surface area contributed by atoms with E-state index in [1.807, 2.05) is 0 Å². The van der Waals surface area contributed by atoms with Crippen LogP contribution in [0.4, 0.5) is 26.3 Å². The van der Waals surface area contributed by atoms with E-state index in [1.54, 1.807) is 0 Å². The van der Waals surface area contributed by atoms with E-state index in [2.05, 4.69) is 4.74 Å². The molecule has 0 aliphatic carbocycles. The maximum absolute atomic E-state index is 12.3. The van der Waals surface area contributed by atoms with Gasteiger partial charge in [-0.2, -0.15) is 26.3 Å². The van der Waals surface area contributed by atoms with Gasteiger partial charge in [0.2, 0.25) is 5.24 Å². The normalized spacial score (nSPS) is 23.1. The molecule has 0 aromatic rings. The molecule has 0 saturated carbocycles. The number of carbonyl (C=O) groups excluding carboxylic acids is 3. The zero-order valence-corrected chi connectivity index (χ0v) is 10.6. The molecular formula is C9H6ClF6NO4. The highest BCUT2D eigenvalue weighted by Gasteiger charge is 2.51. The van der Waals surface area contributed by atoms with Crippen molar-refractivity contribution in [3.8, 4) is 0 Å². The summed E-state index contributed by atoms with van der Waals surface area (Å²) in [6, 6.07) is -1.81. The Kier molecular flexibility index (Phi) is 4.76. The third kappa shape index (κ3) is 4.22. The van der Waals surface area contributed by atoms with Crippen LogP contribution in [-0.4, -0.2) is 53.1 Å². The van der Waals surface area contributed by atoms with Crippen molar-refractivity contribution in [2.24, 2.45) is 0 Å². The van der Waals surface area contributed by atoms with Crippen molar-refractivity contribution in [3.63, 3.8) is 0 Å². The molecule has 12 heteroatoms. The lowest BCUT2D eigenvalue weighted by atomic mass is 10.2. The number of ether oxygens (including phenoxy) is 1. The minimum atomic E-state index is -5.35. The summed E-state index contributed by atoms with van der Waals surface area (Å²) >= 11 is 5.00. The number of halogens is 7. The number of nitrogens with zero attached hydrogens (tertiary/aromatic N) is 1. The van der Waals surface area contributed by atoms with Crippen molar-refractivity contribution in [1.82, 2.24) is 4.90 Å². The van der Waals surface area contributed by atoms with E-state index in [9.17, 15) is 40.7 Å². The highest BCUT2D eigenvalue weighted by Crippen LogP contribution is 2.29. The minimum absolute atomic E-state index is 0.0658. The molecule has 1 heterocycles. The second-order valence-electron chi connectivity index (χ2n) is 4.04. The molecule has 1 rings (SSSR count). The highest BCUT2D eigenvalue weighted by molar-refractivity contribution is 6.64. The molecule has 2 atom stereocenters. The highest BCUT2D eigenvalue weighted by atomic mass is 35.5. The van der Waals surface area contributed by atoms with Gasteiger partial charge < -0.3 is 9.64 Å². The number of likely N-dealkylation sites (tertiary alicyclic amines) is 1. The molecule has 5 nitrogen and oxygen atoms in total. The van der Waals surface area contributed by atoms with E-state index in [0.717, 1.165) is 0 Å². The molecule has 0 radical (unpaired) electrons. The number of amides is 1. The third-order valence-electron chi connectivity index (χ3n) is 2.53. The average Bonchev–Trinajstić information content (AvgIpc) is 2.69. The van der Waals surface area contributed by atoms with Crippen LogP contribution in [0.1, 0.15) is 6.42 Å². The van der Waals surface area contributed by atoms with Gasteiger partial charge in [-0.1, -0.05) is 0 Å². The molecule has 0 aromatic heterocycles. The first-order valence-electron chi connectivity index (χ1n) is 5.19. The lowest BCUT2D eigenvalue weighted by Gasteiger charge is -2.22. The summed E-state index contributed by atoms with van der Waals surface area (Å²) < 4.78 is 76.7. The Bertz CT molecular complexity index is 462. The summed E-state index contributed by atoms with van der Waals surface area (Å²) in [4.78, 5) is 32.5. The van der Waals surface area contributed by atoms with Crippen LogP contribution in [0.5, 0.6) is 0 Å². The predicted molar refractivity (Wildman–Crippen MR) is 53.0 cm³/mol. The summed E-state index contributed by atoms with van der Waals surface area (Å²) in [7, 11) is 0. The van der Waals surface area contributed by atoms with E-state index in [-0.39, 0.29) is 4.90 Å². The van der Waals surface area contributed by atoms with Crippen molar-refractivity contribution in [3.05, 3.63) is 0 Å². The van der Waals surface area contributed by atoms with Crippen molar-refractivity contribution in [2.45, 2.75) is 30.9 Å². The minimum Gasteiger partial charge on any atom is -0.454 e. The van der Waals surface area contributed by atoms with Crippen molar-refractivity contribution >= 4 is 28.7 Å². The Morgan fingerprint density at radius 3 is 1.95 bits per heavy atom. The topological polar surface area (TPSA) is 63.7 Å². The van der Waals surface area contributed by atoms with E-state index in [4.69, 9.17) is 11.6 Å². The smallest absolute Gasteiger partial charge is 0.454 e.